The van der Waals surface area contributed by atoms with Gasteiger partial charge in [-0.15, -0.1) is 0 Å². The molecule has 0 bridgehead atoms. The van der Waals surface area contributed by atoms with Gasteiger partial charge in [-0.1, -0.05) is 50.2 Å². The number of hydrogen-bond acceptors (Lipinski definition) is 7. The highest BCUT2D eigenvalue weighted by atomic mass is 16.5. The lowest BCUT2D eigenvalue weighted by atomic mass is 9.61. The molecule has 1 aromatic carbocycles. The lowest BCUT2D eigenvalue weighted by Gasteiger charge is -2.58. The van der Waals surface area contributed by atoms with Crippen molar-refractivity contribution in [1.29, 1.82) is 0 Å². The summed E-state index contributed by atoms with van der Waals surface area (Å²) in [6.45, 7) is 15.8. The van der Waals surface area contributed by atoms with Crippen molar-refractivity contribution in [3.63, 3.8) is 0 Å². The first-order chi connectivity index (χ1) is 16.3. The largest absolute Gasteiger partial charge is 0.390 e. The molecule has 0 amide bonds. The van der Waals surface area contributed by atoms with Crippen LogP contribution in [-0.4, -0.2) is 55.0 Å². The van der Waals surface area contributed by atoms with E-state index in [1.165, 1.54) is 5.56 Å². The van der Waals surface area contributed by atoms with E-state index in [0.29, 0.717) is 34.8 Å². The molecule has 1 aliphatic heterocycles. The molecule has 1 fully saturated rings. The number of rotatable bonds is 8. The number of aliphatic hydroxyl groups is 2. The highest BCUT2D eigenvalue weighted by molar-refractivity contribution is 5.56. The predicted octanol–water partition coefficient (Wildman–Crippen LogP) is 4.53. The topological polar surface area (TPSA) is 95.5 Å². The Bertz CT molecular complexity index is 1160. The number of aromatic nitrogens is 3. The van der Waals surface area contributed by atoms with E-state index in [2.05, 4.69) is 66.8 Å². The molecule has 2 aromatic heterocycles. The molecule has 1 aliphatic rings. The van der Waals surface area contributed by atoms with Crippen molar-refractivity contribution in [3.8, 4) is 11.4 Å². The maximum atomic E-state index is 12.5. The Morgan fingerprint density at radius 2 is 1.69 bits per heavy atom. The van der Waals surface area contributed by atoms with E-state index in [0.717, 1.165) is 18.7 Å². The summed E-state index contributed by atoms with van der Waals surface area (Å²) < 4.78 is 5.36. The molecule has 35 heavy (non-hydrogen) atoms. The molecule has 4 rings (SSSR count). The van der Waals surface area contributed by atoms with Crippen molar-refractivity contribution in [2.45, 2.75) is 78.0 Å². The Balaban J connectivity index is 1.76. The first kappa shape index (κ1) is 25.5. The van der Waals surface area contributed by atoms with E-state index in [-0.39, 0.29) is 6.42 Å². The van der Waals surface area contributed by atoms with Gasteiger partial charge in [0, 0.05) is 48.1 Å². The predicted molar refractivity (Wildman–Crippen MR) is 136 cm³/mol. The van der Waals surface area contributed by atoms with Crippen molar-refractivity contribution in [2.24, 2.45) is 5.41 Å². The highest BCUT2D eigenvalue weighted by Gasteiger charge is 2.56. The summed E-state index contributed by atoms with van der Waals surface area (Å²) in [7, 11) is 0. The Labute approximate surface area is 208 Å². The average molecular weight is 479 g/mol. The summed E-state index contributed by atoms with van der Waals surface area (Å²) in [5, 5.41) is 26.7. The standard InChI is InChI=1S/C28H38N4O3/c1-18(2)20-8-10-22(11-9-20)28(34,27(7)16-32(17-27)19(3)4)23-12-21(14-29-15-23)25-30-24(35-31-25)13-26(5,6)33/h8-12,14-15,18-19,33-34H,13,16-17H2,1-7H3/t28-/m0/s1. The van der Waals surface area contributed by atoms with Gasteiger partial charge in [-0.2, -0.15) is 4.98 Å². The molecule has 0 unspecified atom stereocenters. The lowest BCUT2D eigenvalue weighted by molar-refractivity contribution is -0.144. The third kappa shape index (κ3) is 4.90. The van der Waals surface area contributed by atoms with Crippen molar-refractivity contribution >= 4 is 0 Å². The van der Waals surface area contributed by atoms with E-state index in [9.17, 15) is 10.2 Å². The molecule has 2 N–H and O–H groups in total. The van der Waals surface area contributed by atoms with Crippen LogP contribution in [0.25, 0.3) is 11.4 Å². The monoisotopic (exact) mass is 478 g/mol. The third-order valence-corrected chi connectivity index (χ3v) is 7.17. The van der Waals surface area contributed by atoms with Crippen molar-refractivity contribution in [2.75, 3.05) is 13.1 Å². The molecule has 7 nitrogen and oxygen atoms in total. The van der Waals surface area contributed by atoms with E-state index in [1.54, 1.807) is 26.2 Å². The van der Waals surface area contributed by atoms with Gasteiger partial charge in [0.25, 0.3) is 0 Å². The van der Waals surface area contributed by atoms with Crippen molar-refractivity contribution in [1.82, 2.24) is 20.0 Å². The quantitative estimate of drug-likeness (QED) is 0.491. The fourth-order valence-corrected chi connectivity index (χ4v) is 4.99. The van der Waals surface area contributed by atoms with Crippen LogP contribution in [-0.2, 0) is 12.0 Å². The molecule has 3 aromatic rings. The smallest absolute Gasteiger partial charge is 0.229 e. The molecule has 1 saturated heterocycles. The first-order valence-electron chi connectivity index (χ1n) is 12.4. The Morgan fingerprint density at radius 1 is 1.03 bits per heavy atom. The van der Waals surface area contributed by atoms with Gasteiger partial charge < -0.3 is 14.7 Å². The zero-order valence-corrected chi connectivity index (χ0v) is 21.9. The van der Waals surface area contributed by atoms with Crippen molar-refractivity contribution in [3.05, 3.63) is 65.3 Å². The second-order valence-electron chi connectivity index (χ2n) is 11.5. The Kier molecular flexibility index (Phi) is 6.64. The summed E-state index contributed by atoms with van der Waals surface area (Å²) in [4.78, 5) is 11.3. The molecule has 188 valence electrons. The summed E-state index contributed by atoms with van der Waals surface area (Å²) in [5.74, 6) is 1.16. The summed E-state index contributed by atoms with van der Waals surface area (Å²) in [6, 6.07) is 10.6. The molecule has 3 heterocycles. The van der Waals surface area contributed by atoms with Crippen LogP contribution in [0.2, 0.25) is 0 Å². The maximum absolute atomic E-state index is 12.5. The molecule has 0 spiro atoms. The van der Waals surface area contributed by atoms with Gasteiger partial charge in [-0.05, 0) is 50.8 Å². The van der Waals surface area contributed by atoms with E-state index in [1.807, 2.05) is 18.2 Å². The van der Waals surface area contributed by atoms with Crippen LogP contribution in [0, 0.1) is 5.41 Å². The fraction of sp³-hybridized carbons (Fsp3) is 0.536. The minimum absolute atomic E-state index is 0.252. The van der Waals surface area contributed by atoms with Gasteiger partial charge in [0.15, 0.2) is 0 Å². The molecular formula is C28H38N4O3. The Morgan fingerprint density at radius 3 is 2.26 bits per heavy atom. The number of benzene rings is 1. The van der Waals surface area contributed by atoms with Crippen LogP contribution in [0.5, 0.6) is 0 Å². The number of pyridine rings is 1. The minimum Gasteiger partial charge on any atom is -0.390 e. The molecular weight excluding hydrogens is 440 g/mol. The van der Waals surface area contributed by atoms with Crippen LogP contribution < -0.4 is 0 Å². The molecule has 0 saturated carbocycles. The normalized spacial score (nSPS) is 18.0. The summed E-state index contributed by atoms with van der Waals surface area (Å²) >= 11 is 0. The summed E-state index contributed by atoms with van der Waals surface area (Å²) in [5.41, 5.74) is 0.838. The van der Waals surface area contributed by atoms with Gasteiger partial charge >= 0.3 is 0 Å². The zero-order chi connectivity index (χ0) is 25.6. The molecule has 1 atom stereocenters. The number of nitrogens with zero attached hydrogens (tertiary/aromatic N) is 4. The van der Waals surface area contributed by atoms with Gasteiger partial charge in [0.05, 0.1) is 12.0 Å². The second kappa shape index (κ2) is 9.12. The lowest BCUT2D eigenvalue weighted by Crippen LogP contribution is -2.66. The van der Waals surface area contributed by atoms with Crippen LogP contribution in [0.1, 0.15) is 77.0 Å². The Hall–Kier alpha value is -2.61. The van der Waals surface area contributed by atoms with Gasteiger partial charge in [0.2, 0.25) is 11.7 Å². The van der Waals surface area contributed by atoms with E-state index < -0.39 is 16.6 Å². The molecule has 0 radical (unpaired) electrons. The first-order valence-corrected chi connectivity index (χ1v) is 12.4. The number of hydrogen-bond donors (Lipinski definition) is 2. The van der Waals surface area contributed by atoms with Gasteiger partial charge in [0.1, 0.15) is 5.60 Å². The van der Waals surface area contributed by atoms with E-state index >= 15 is 0 Å². The summed E-state index contributed by atoms with van der Waals surface area (Å²) in [6.07, 6.45) is 3.66. The van der Waals surface area contributed by atoms with Crippen LogP contribution in [0.15, 0.2) is 47.2 Å². The van der Waals surface area contributed by atoms with Gasteiger partial charge in [-0.3, -0.25) is 9.88 Å². The minimum atomic E-state index is -1.25. The molecule has 7 heteroatoms. The second-order valence-corrected chi connectivity index (χ2v) is 11.5. The van der Waals surface area contributed by atoms with Gasteiger partial charge in [-0.25, -0.2) is 0 Å². The average Bonchev–Trinajstić information content (AvgIpc) is 3.23. The highest BCUT2D eigenvalue weighted by Crippen LogP contribution is 2.51. The molecule has 0 aliphatic carbocycles. The zero-order valence-electron chi connectivity index (χ0n) is 21.9. The van der Waals surface area contributed by atoms with Crippen molar-refractivity contribution < 1.29 is 14.7 Å². The van der Waals surface area contributed by atoms with Crippen LogP contribution >= 0.6 is 0 Å². The van der Waals surface area contributed by atoms with Crippen LogP contribution in [0.3, 0.4) is 0 Å². The van der Waals surface area contributed by atoms with E-state index in [4.69, 9.17) is 4.52 Å². The SMILES string of the molecule is CC(C)c1ccc([C@](O)(c2cncc(-c3noc(CC(C)(C)O)n3)c2)C2(C)CN(C(C)C)C2)cc1. The maximum Gasteiger partial charge on any atom is 0.229 e. The van der Waals surface area contributed by atoms with Crippen LogP contribution in [0.4, 0.5) is 0 Å². The fourth-order valence-electron chi connectivity index (χ4n) is 4.99. The number of likely N-dealkylation sites (tertiary alicyclic amines) is 1. The third-order valence-electron chi connectivity index (χ3n) is 7.17.